The van der Waals surface area contributed by atoms with Gasteiger partial charge in [-0.05, 0) is 151 Å². The Labute approximate surface area is 633 Å². The van der Waals surface area contributed by atoms with Crippen LogP contribution in [0, 0.1) is 76.3 Å². The van der Waals surface area contributed by atoms with Crippen molar-refractivity contribution >= 4 is 85.1 Å². The molecular formula is C72H84Dy2N2O22. The van der Waals surface area contributed by atoms with E-state index in [4.69, 9.17) is 28.4 Å². The molecule has 0 spiro atoms. The van der Waals surface area contributed by atoms with Crippen molar-refractivity contribution in [1.82, 2.24) is 9.80 Å². The Balaban J connectivity index is -0.000000250. The van der Waals surface area contributed by atoms with Gasteiger partial charge in [-0.2, -0.15) is 0 Å². The fourth-order valence-corrected chi connectivity index (χ4v) is 6.38. The first-order chi connectivity index (χ1) is 45.0. The maximum atomic E-state index is 10.2. The minimum absolute atomic E-state index is 0. The van der Waals surface area contributed by atoms with E-state index in [1.165, 1.54) is 46.3 Å². The van der Waals surface area contributed by atoms with Gasteiger partial charge in [0, 0.05) is 61.6 Å². The monoisotopic (exact) mass is 1660 g/mol. The van der Waals surface area contributed by atoms with Gasteiger partial charge >= 0.3 is 76.3 Å². The molecule has 0 aromatic heterocycles. The van der Waals surface area contributed by atoms with Gasteiger partial charge in [0.05, 0.1) is 75.5 Å². The number of hydrogen-bond acceptors (Lipinski definition) is 20. The van der Waals surface area contributed by atoms with Gasteiger partial charge in [-0.25, -0.2) is 0 Å². The zero-order valence-corrected chi connectivity index (χ0v) is 59.9. The van der Waals surface area contributed by atoms with Crippen LogP contribution in [0.5, 0.6) is 34.5 Å². The van der Waals surface area contributed by atoms with Crippen molar-refractivity contribution in [3.8, 4) is 34.5 Å². The third kappa shape index (κ3) is 54.0. The van der Waals surface area contributed by atoms with E-state index in [-0.39, 0.29) is 87.3 Å². The van der Waals surface area contributed by atoms with E-state index in [1.54, 1.807) is 101 Å². The quantitative estimate of drug-likeness (QED) is 0.0556. The summed E-state index contributed by atoms with van der Waals surface area (Å²) in [5.74, 6) is -3.23. The van der Waals surface area contributed by atoms with Crippen molar-refractivity contribution in [1.29, 1.82) is 0 Å². The molecule has 0 aliphatic rings. The molecule has 0 fully saturated rings. The summed E-state index contributed by atoms with van der Waals surface area (Å²) >= 11 is 0. The molecule has 6 aromatic rings. The molecule has 2 amide bonds. The van der Waals surface area contributed by atoms with E-state index in [2.05, 4.69) is 0 Å². The molecule has 2 radical (unpaired) electrons. The molecule has 534 valence electrons. The van der Waals surface area contributed by atoms with Gasteiger partial charge < -0.3 is 109 Å². The Morgan fingerprint density at radius 1 is 0.286 bits per heavy atom. The van der Waals surface area contributed by atoms with E-state index >= 15 is 0 Å². The number of para-hydroxylation sites is 6. The van der Waals surface area contributed by atoms with Crippen LogP contribution in [-0.2, 0) is 38.4 Å². The van der Waals surface area contributed by atoms with Crippen molar-refractivity contribution in [2.45, 2.75) is 41.5 Å². The van der Waals surface area contributed by atoms with Crippen LogP contribution in [0.25, 0.3) is 36.5 Å². The fourth-order valence-electron chi connectivity index (χ4n) is 6.38. The second-order valence-electron chi connectivity index (χ2n) is 17.9. The van der Waals surface area contributed by atoms with Crippen LogP contribution in [0.1, 0.15) is 74.9 Å². The summed E-state index contributed by atoms with van der Waals surface area (Å²) in [7, 11) is 6.75. The van der Waals surface area contributed by atoms with Crippen LogP contribution in [-0.4, -0.2) is 137 Å². The summed E-state index contributed by atoms with van der Waals surface area (Å²) in [5.41, 5.74) is 4.41. The first-order valence-corrected chi connectivity index (χ1v) is 28.9. The van der Waals surface area contributed by atoms with Gasteiger partial charge in [0.2, 0.25) is 12.8 Å². The Morgan fingerprint density at radius 2 is 0.398 bits per heavy atom. The van der Waals surface area contributed by atoms with Crippen molar-refractivity contribution in [3.63, 3.8) is 0 Å². The van der Waals surface area contributed by atoms with Gasteiger partial charge in [0.15, 0.2) is 0 Å². The Morgan fingerprint density at radius 3 is 0.490 bits per heavy atom. The minimum atomic E-state index is -1.21. The molecule has 0 aliphatic carbocycles. The fraction of sp³-hybridized carbons (Fsp3) is 0.222. The summed E-state index contributed by atoms with van der Waals surface area (Å²) in [5, 5.41) is 61.2. The summed E-state index contributed by atoms with van der Waals surface area (Å²) in [6.45, 7) is 14.6. The van der Waals surface area contributed by atoms with E-state index in [9.17, 15) is 69.0 Å². The average molecular weight is 1650 g/mol. The average Bonchev–Trinajstić information content (AvgIpc) is 1.05. The van der Waals surface area contributed by atoms with Gasteiger partial charge in [-0.15, -0.1) is 0 Å². The Bertz CT molecular complexity index is 2830. The maximum Gasteiger partial charge on any atom is 3.00 e. The van der Waals surface area contributed by atoms with Crippen LogP contribution in [0.4, 0.5) is 0 Å². The zero-order valence-electron chi connectivity index (χ0n) is 55.9. The topological polar surface area (TPSA) is 400 Å². The van der Waals surface area contributed by atoms with E-state index < -0.39 is 35.8 Å². The molecule has 26 heteroatoms. The van der Waals surface area contributed by atoms with Crippen LogP contribution in [0.2, 0.25) is 0 Å². The minimum Gasteiger partial charge on any atom is -0.545 e. The predicted molar refractivity (Wildman–Crippen MR) is 357 cm³/mol. The van der Waals surface area contributed by atoms with E-state index in [0.717, 1.165) is 82.7 Å². The Kier molecular flexibility index (Phi) is 66.3. The smallest absolute Gasteiger partial charge is 0.545 e. The van der Waals surface area contributed by atoms with Gasteiger partial charge in [-0.1, -0.05) is 109 Å². The number of ether oxygens (including phenoxy) is 6. The number of carbonyl (C=O) groups excluding carboxylic acids is 8. The maximum absolute atomic E-state index is 10.2. The zero-order chi connectivity index (χ0) is 70.9. The molecule has 0 atom stereocenters. The predicted octanol–water partition coefficient (Wildman–Crippen LogP) is 2.85. The third-order valence-electron chi connectivity index (χ3n) is 10.1. The normalized spacial score (nSPS) is 9.57. The number of aliphatic carboxylic acids is 6. The molecular weight excluding hydrogens is 1570 g/mol. The van der Waals surface area contributed by atoms with Crippen molar-refractivity contribution in [3.05, 3.63) is 215 Å². The number of carboxylic acids is 6. The summed E-state index contributed by atoms with van der Waals surface area (Å²) in [4.78, 5) is 83.0. The van der Waals surface area contributed by atoms with Crippen molar-refractivity contribution in [2.24, 2.45) is 0 Å². The van der Waals surface area contributed by atoms with Crippen LogP contribution in [0.15, 0.2) is 182 Å². The number of nitrogens with zero attached hydrogens (tertiary/aromatic N) is 2. The van der Waals surface area contributed by atoms with Crippen LogP contribution < -0.4 is 59.1 Å². The molecule has 6 aromatic carbocycles. The Hall–Kier alpha value is -9.21. The van der Waals surface area contributed by atoms with Gasteiger partial charge in [0.1, 0.15) is 34.5 Å². The van der Waals surface area contributed by atoms with Crippen molar-refractivity contribution in [2.75, 3.05) is 67.8 Å². The molecule has 0 saturated carbocycles. The molecule has 98 heavy (non-hydrogen) atoms. The summed E-state index contributed by atoms with van der Waals surface area (Å²) in [6.07, 6.45) is 16.2. The molecule has 0 saturated heterocycles. The number of rotatable bonds is 26. The molecule has 24 nitrogen and oxygen atoms in total. The summed E-state index contributed by atoms with van der Waals surface area (Å²) < 4.78 is 31.8. The summed E-state index contributed by atoms with van der Waals surface area (Å²) in [6, 6.07) is 43.3. The molecule has 0 bridgehead atoms. The first kappa shape index (κ1) is 99.8. The first-order valence-electron chi connectivity index (χ1n) is 28.9. The number of benzene rings is 6. The second kappa shape index (κ2) is 65.1. The number of amides is 2. The SMILES string of the molecule is CCOc1ccccc1/C=C/C(=O)[O-].CCOc1ccccc1/C=C/C(=O)[O-].CCOc1ccccc1/C=C/C(=O)[O-].CCOc1ccccc1/C=C/C(=O)[O-].CCOc1ccccc1/C=C/C(=O)[O-].CCOc1ccccc1/C=C/C(=O)[O-].CN(C)C=O.CN(C)C=O.O.O.[Dy+3].[Dy+3]. The van der Waals surface area contributed by atoms with E-state index in [0.29, 0.717) is 74.1 Å². The van der Waals surface area contributed by atoms with Gasteiger partial charge in [0.25, 0.3) is 0 Å². The second-order valence-corrected chi connectivity index (χ2v) is 17.9. The molecule has 0 unspecified atom stereocenters. The van der Waals surface area contributed by atoms with E-state index in [1.807, 2.05) is 114 Å². The van der Waals surface area contributed by atoms with Crippen LogP contribution in [0.3, 0.4) is 0 Å². The van der Waals surface area contributed by atoms with Crippen LogP contribution >= 0.6 is 0 Å². The standard InChI is InChI=1S/6C11H12O3.2C3H7NO.2Dy.2H2O/c6*1-2-14-10-6-4-3-5-9(10)7-8-11(12)13;2*1-4(2)3-5;;;;/h6*3-8H,2H2,1H3,(H,12,13);2*3H,1-2H3;;;2*1H2/q;;;;;;;;2*+3;;/p-6/b6*8-7+;;;;;;. The number of hydrogen-bond donors (Lipinski definition) is 0. The number of carbonyl (C=O) groups is 8. The molecule has 4 N–H and O–H groups in total. The third-order valence-corrected chi connectivity index (χ3v) is 10.1. The largest absolute Gasteiger partial charge is 3.00 e. The number of carboxylic acid groups (broad SMARTS) is 6. The molecule has 0 heterocycles. The molecule has 0 aliphatic heterocycles. The van der Waals surface area contributed by atoms with Gasteiger partial charge in [-0.3, -0.25) is 9.59 Å². The molecule has 6 rings (SSSR count). The van der Waals surface area contributed by atoms with Crippen molar-refractivity contribution < 1.29 is 185 Å².